The van der Waals surface area contributed by atoms with E-state index in [1.54, 1.807) is 9.36 Å². The number of aliphatic hydroxyl groups is 1. The van der Waals surface area contributed by atoms with Crippen LogP contribution in [-0.2, 0) is 13.6 Å². The Morgan fingerprint density at radius 3 is 2.83 bits per heavy atom. The van der Waals surface area contributed by atoms with Gasteiger partial charge in [0.15, 0.2) is 0 Å². The Bertz CT molecular complexity index is 1560. The van der Waals surface area contributed by atoms with Gasteiger partial charge in [-0.15, -0.1) is 8.98 Å². The van der Waals surface area contributed by atoms with Gasteiger partial charge in [0, 0.05) is 25.5 Å². The van der Waals surface area contributed by atoms with Gasteiger partial charge in [0.25, 0.3) is 18.3 Å². The van der Waals surface area contributed by atoms with E-state index in [-0.39, 0.29) is 37.1 Å². The summed E-state index contributed by atoms with van der Waals surface area (Å²) in [5.74, 6) is 0.790. The molecule has 40 heavy (non-hydrogen) atoms. The fourth-order valence-electron chi connectivity index (χ4n) is 5.02. The molecule has 0 saturated carbocycles. The first-order chi connectivity index (χ1) is 19.3. The van der Waals surface area contributed by atoms with Gasteiger partial charge in [-0.25, -0.2) is 9.13 Å². The maximum atomic E-state index is 13.4. The number of likely N-dealkylation sites (N-methyl/N-ethyl adjacent to an activating group) is 1. The van der Waals surface area contributed by atoms with Crippen LogP contribution in [0.5, 0.6) is 11.8 Å². The summed E-state index contributed by atoms with van der Waals surface area (Å²) in [5.41, 5.74) is 5.47. The van der Waals surface area contributed by atoms with Gasteiger partial charge in [-0.3, -0.25) is 14.6 Å². The molecule has 214 valence electrons. The van der Waals surface area contributed by atoms with Crippen molar-refractivity contribution in [3.05, 3.63) is 34.9 Å². The summed E-state index contributed by atoms with van der Waals surface area (Å²) in [7, 11) is 1.87. The Labute approximate surface area is 250 Å². The van der Waals surface area contributed by atoms with E-state index < -0.39 is 0 Å². The molecule has 0 radical (unpaired) electrons. The minimum Gasteiger partial charge on any atom is -0.473 e. The van der Waals surface area contributed by atoms with Crippen LogP contribution in [0.3, 0.4) is 0 Å². The quantitative estimate of drug-likeness (QED) is 0.162. The number of pyridine rings is 1. The minimum absolute atomic E-state index is 0.129. The molecular weight excluding hydrogens is 669 g/mol. The summed E-state index contributed by atoms with van der Waals surface area (Å²) in [5, 5.41) is 24.9. The summed E-state index contributed by atoms with van der Waals surface area (Å²) in [4.78, 5) is 7.01. The van der Waals surface area contributed by atoms with E-state index in [4.69, 9.17) is 19.0 Å². The van der Waals surface area contributed by atoms with Crippen molar-refractivity contribution in [2.75, 3.05) is 19.7 Å². The topological polar surface area (TPSA) is 108 Å². The van der Waals surface area contributed by atoms with Crippen LogP contribution >= 0.6 is 40.8 Å². The molecule has 3 unspecified atom stereocenters. The van der Waals surface area contributed by atoms with E-state index in [9.17, 15) is 8.99 Å². The van der Waals surface area contributed by atoms with Crippen molar-refractivity contribution in [3.8, 4) is 23.0 Å². The molecule has 0 aromatic carbocycles. The van der Waals surface area contributed by atoms with Crippen molar-refractivity contribution in [1.82, 2.24) is 39.0 Å². The molecule has 5 heterocycles. The van der Waals surface area contributed by atoms with Crippen LogP contribution in [0.2, 0.25) is 0 Å². The average molecular weight is 701 g/mol. The monoisotopic (exact) mass is 700 g/mol. The van der Waals surface area contributed by atoms with Crippen molar-refractivity contribution in [1.29, 1.82) is 0 Å². The first-order valence-electron chi connectivity index (χ1n) is 12.8. The molecule has 15 heteroatoms. The standard InChI is InChI=1S/C25H31FIN8O3PS/c1-6-33-11-15(3)37-25-23(16(4)29-32(25)5)20-9-18-19(30-35(39-27)21(18)10-28-20)8-7-17-22(12-33)34(14(2)13-36)31-24(17)38-40-26/h7-10,14-15,36,39H,6,11-13H2,1-5H3/b8-7+. The number of aryl methyl sites for hydroxylation is 2. The molecule has 3 atom stereocenters. The van der Waals surface area contributed by atoms with Crippen LogP contribution in [0.4, 0.5) is 3.89 Å². The second kappa shape index (κ2) is 12.3. The molecule has 5 rings (SSSR count). The van der Waals surface area contributed by atoms with Crippen molar-refractivity contribution >= 4 is 63.9 Å². The number of rotatable bonds is 6. The fourth-order valence-corrected chi connectivity index (χ4v) is 6.72. The lowest BCUT2D eigenvalue weighted by molar-refractivity contribution is 0.132. The number of fused-ring (bicyclic) bond motifs is 4. The predicted octanol–water partition coefficient (Wildman–Crippen LogP) is 5.37. The molecule has 1 aliphatic rings. The Morgan fingerprint density at radius 2 is 2.12 bits per heavy atom. The molecule has 4 aromatic rings. The number of aliphatic hydroxyl groups excluding tert-OH is 1. The van der Waals surface area contributed by atoms with Crippen LogP contribution < -0.4 is 8.92 Å². The summed E-state index contributed by atoms with van der Waals surface area (Å²) >= 11 is 2.04. The van der Waals surface area contributed by atoms with Crippen LogP contribution in [0.25, 0.3) is 34.3 Å². The Hall–Kier alpha value is -2.26. The third-order valence-corrected chi connectivity index (χ3v) is 9.06. The fraction of sp³-hybridized carbons (Fsp3) is 0.440. The lowest BCUT2D eigenvalue weighted by Crippen LogP contribution is -2.35. The van der Waals surface area contributed by atoms with Crippen LogP contribution in [0, 0.1) is 6.92 Å². The molecule has 1 aliphatic heterocycles. The third kappa shape index (κ3) is 5.48. The summed E-state index contributed by atoms with van der Waals surface area (Å²) in [6.45, 7) is 9.59. The van der Waals surface area contributed by atoms with Crippen LogP contribution in [0.15, 0.2) is 12.3 Å². The van der Waals surface area contributed by atoms with Crippen molar-refractivity contribution in [2.24, 2.45) is 7.05 Å². The number of hydrogen-bond acceptors (Lipinski definition) is 9. The molecule has 0 amide bonds. The minimum atomic E-state index is -0.340. The molecule has 4 aromatic heterocycles. The second-order valence-corrected chi connectivity index (χ2v) is 12.1. The van der Waals surface area contributed by atoms with E-state index in [1.807, 2.05) is 56.7 Å². The van der Waals surface area contributed by atoms with E-state index >= 15 is 0 Å². The highest BCUT2D eigenvalue weighted by Gasteiger charge is 2.26. The van der Waals surface area contributed by atoms with Gasteiger partial charge in [0.2, 0.25) is 5.88 Å². The van der Waals surface area contributed by atoms with E-state index in [2.05, 4.69) is 44.1 Å². The zero-order chi connectivity index (χ0) is 28.6. The molecule has 2 bridgehead atoms. The third-order valence-electron chi connectivity index (χ3n) is 6.97. The molecule has 0 spiro atoms. The van der Waals surface area contributed by atoms with Gasteiger partial charge in [0.05, 0.1) is 64.6 Å². The molecule has 0 aliphatic carbocycles. The van der Waals surface area contributed by atoms with Crippen molar-refractivity contribution in [2.45, 2.75) is 46.4 Å². The first-order valence-corrected chi connectivity index (χ1v) is 17.5. The van der Waals surface area contributed by atoms with Gasteiger partial charge >= 0.3 is 0 Å². The van der Waals surface area contributed by atoms with Gasteiger partial charge in [-0.2, -0.15) is 10.2 Å². The van der Waals surface area contributed by atoms with Gasteiger partial charge in [0.1, 0.15) is 6.10 Å². The number of halogens is 2. The Morgan fingerprint density at radius 1 is 1.32 bits per heavy atom. The van der Waals surface area contributed by atoms with Gasteiger partial charge < -0.3 is 14.0 Å². The summed E-state index contributed by atoms with van der Waals surface area (Å²) < 4.78 is 30.5. The zero-order valence-electron chi connectivity index (χ0n) is 22.8. The SMILES string of the molecule is CCN1Cc2c(c(OSF)nn2C(C)CO)/C=C/c2nn(PI)c3cnc(cc23)-c2c(C)nn(C)c2OC(C)C1. The van der Waals surface area contributed by atoms with E-state index in [1.165, 1.54) is 0 Å². The normalized spacial score (nSPS) is 17.9. The number of aromatic nitrogens is 7. The molecule has 0 saturated heterocycles. The maximum Gasteiger partial charge on any atom is 0.273 e. The number of nitrogens with zero attached hydrogens (tertiary/aromatic N) is 8. The lowest BCUT2D eigenvalue weighted by atomic mass is 10.1. The highest BCUT2D eigenvalue weighted by atomic mass is 127. The number of ether oxygens (including phenoxy) is 1. The van der Waals surface area contributed by atoms with Gasteiger partial charge in [-0.1, -0.05) is 6.92 Å². The zero-order valence-corrected chi connectivity index (χ0v) is 26.8. The van der Waals surface area contributed by atoms with Crippen molar-refractivity contribution < 1.29 is 17.9 Å². The Balaban J connectivity index is 1.77. The Kier molecular flexibility index (Phi) is 9.00. The second-order valence-electron chi connectivity index (χ2n) is 9.73. The lowest BCUT2D eigenvalue weighted by Gasteiger charge is -2.26. The highest BCUT2D eigenvalue weighted by molar-refractivity contribution is 14.2. The van der Waals surface area contributed by atoms with Crippen LogP contribution in [-0.4, -0.2) is 69.9 Å². The smallest absolute Gasteiger partial charge is 0.273 e. The molecular formula is C25H31FIN8O3PS. The summed E-state index contributed by atoms with van der Waals surface area (Å²) in [6.07, 6.45) is 5.77. The highest BCUT2D eigenvalue weighted by Crippen LogP contribution is 2.38. The molecule has 11 nitrogen and oxygen atoms in total. The predicted molar refractivity (Wildman–Crippen MR) is 166 cm³/mol. The number of hydrogen-bond donors (Lipinski definition) is 1. The van der Waals surface area contributed by atoms with Gasteiger partial charge in [-0.05, 0) is 67.6 Å². The van der Waals surface area contributed by atoms with E-state index in [0.717, 1.165) is 45.8 Å². The largest absolute Gasteiger partial charge is 0.473 e. The summed E-state index contributed by atoms with van der Waals surface area (Å²) in [6, 6.07) is 1.68. The first kappa shape index (κ1) is 29.2. The molecule has 1 N–H and O–H groups in total. The molecule has 0 fully saturated rings. The van der Waals surface area contributed by atoms with Crippen LogP contribution in [0.1, 0.15) is 49.5 Å². The maximum absolute atomic E-state index is 13.4. The van der Waals surface area contributed by atoms with E-state index in [0.29, 0.717) is 30.9 Å². The average Bonchev–Trinajstić information content (AvgIpc) is 3.56. The van der Waals surface area contributed by atoms with Crippen molar-refractivity contribution in [3.63, 3.8) is 0 Å².